The molecular formula is C10H13F3O3S. The first kappa shape index (κ1) is 14.2. The Labute approximate surface area is 102 Å². The molecule has 0 heterocycles. The van der Waals surface area contributed by atoms with Gasteiger partial charge in [0.05, 0.1) is 12.5 Å². The van der Waals surface area contributed by atoms with Gasteiger partial charge in [-0.05, 0) is 25.8 Å². The van der Waals surface area contributed by atoms with Crippen LogP contribution < -0.4 is 0 Å². The minimum Gasteiger partial charge on any atom is -0.466 e. The van der Waals surface area contributed by atoms with Gasteiger partial charge in [-0.3, -0.25) is 4.79 Å². The second kappa shape index (κ2) is 6.18. The van der Waals surface area contributed by atoms with Crippen molar-refractivity contribution >= 4 is 18.0 Å². The zero-order chi connectivity index (χ0) is 12.9. The van der Waals surface area contributed by atoms with Gasteiger partial charge in [0.25, 0.3) is 0 Å². The van der Waals surface area contributed by atoms with Gasteiger partial charge in [0.15, 0.2) is 12.0 Å². The van der Waals surface area contributed by atoms with Gasteiger partial charge in [0.1, 0.15) is 5.76 Å². The van der Waals surface area contributed by atoms with Crippen LogP contribution in [0.15, 0.2) is 11.8 Å². The van der Waals surface area contributed by atoms with Crippen molar-refractivity contribution in [2.75, 3.05) is 6.61 Å². The fraction of sp³-hybridized carbons (Fsp3) is 0.700. The van der Waals surface area contributed by atoms with Crippen molar-refractivity contribution in [1.29, 1.82) is 0 Å². The number of carbonyl (C=O) groups is 1. The van der Waals surface area contributed by atoms with Gasteiger partial charge >= 0.3 is 11.5 Å². The molecule has 0 aromatic carbocycles. The van der Waals surface area contributed by atoms with E-state index in [0.717, 1.165) is 0 Å². The summed E-state index contributed by atoms with van der Waals surface area (Å²) >= 11 is -0.524. The Bertz CT molecular complexity index is 302. The minimum atomic E-state index is -4.40. The summed E-state index contributed by atoms with van der Waals surface area (Å²) in [5.74, 6) is -0.294. The highest BCUT2D eigenvalue weighted by Crippen LogP contribution is 2.35. The predicted molar refractivity (Wildman–Crippen MR) is 56.8 cm³/mol. The highest BCUT2D eigenvalue weighted by molar-refractivity contribution is 7.95. The summed E-state index contributed by atoms with van der Waals surface area (Å²) in [6.45, 7) is 2.03. The summed E-state index contributed by atoms with van der Waals surface area (Å²) in [6, 6.07) is 0. The molecule has 1 unspecified atom stereocenters. The van der Waals surface area contributed by atoms with E-state index in [4.69, 9.17) is 4.74 Å². The topological polar surface area (TPSA) is 35.5 Å². The maximum absolute atomic E-state index is 11.9. The summed E-state index contributed by atoms with van der Waals surface area (Å²) in [6.07, 6.45) is 2.67. The van der Waals surface area contributed by atoms with Crippen LogP contribution in [-0.4, -0.2) is 18.1 Å². The molecule has 0 aromatic heterocycles. The monoisotopic (exact) mass is 270 g/mol. The predicted octanol–water partition coefficient (Wildman–Crippen LogP) is 3.42. The molecule has 7 heteroatoms. The molecular weight excluding hydrogens is 257 g/mol. The molecule has 1 rings (SSSR count). The van der Waals surface area contributed by atoms with Gasteiger partial charge in [-0.1, -0.05) is 0 Å². The summed E-state index contributed by atoms with van der Waals surface area (Å²) < 4.78 is 44.9. The Kier molecular flexibility index (Phi) is 5.17. The van der Waals surface area contributed by atoms with Crippen molar-refractivity contribution in [2.45, 2.75) is 31.7 Å². The van der Waals surface area contributed by atoms with Gasteiger partial charge in [-0.15, -0.1) is 0 Å². The van der Waals surface area contributed by atoms with Gasteiger partial charge < -0.3 is 8.92 Å². The molecule has 3 nitrogen and oxygen atoms in total. The number of halogens is 3. The zero-order valence-corrected chi connectivity index (χ0v) is 10.1. The van der Waals surface area contributed by atoms with Crippen molar-refractivity contribution in [2.24, 2.45) is 5.92 Å². The Morgan fingerprint density at radius 3 is 2.76 bits per heavy atom. The van der Waals surface area contributed by atoms with Crippen LogP contribution in [0.3, 0.4) is 0 Å². The van der Waals surface area contributed by atoms with Crippen LogP contribution in [0.4, 0.5) is 13.2 Å². The number of carbonyl (C=O) groups excluding carboxylic acids is 1. The normalized spacial score (nSPS) is 20.7. The van der Waals surface area contributed by atoms with Gasteiger partial charge in [0, 0.05) is 6.42 Å². The van der Waals surface area contributed by atoms with E-state index < -0.39 is 17.6 Å². The van der Waals surface area contributed by atoms with Crippen LogP contribution in [0.25, 0.3) is 0 Å². The van der Waals surface area contributed by atoms with E-state index in [1.54, 1.807) is 6.92 Å². The van der Waals surface area contributed by atoms with E-state index >= 15 is 0 Å². The van der Waals surface area contributed by atoms with E-state index in [-0.39, 0.29) is 17.6 Å². The van der Waals surface area contributed by atoms with Crippen molar-refractivity contribution in [3.05, 3.63) is 11.8 Å². The van der Waals surface area contributed by atoms with Crippen LogP contribution in [0.5, 0.6) is 0 Å². The third-order valence-corrected chi connectivity index (χ3v) is 2.72. The van der Waals surface area contributed by atoms with Gasteiger partial charge in [0.2, 0.25) is 0 Å². The van der Waals surface area contributed by atoms with Crippen LogP contribution in [0.2, 0.25) is 0 Å². The lowest BCUT2D eigenvalue weighted by Gasteiger charge is -2.20. The zero-order valence-electron chi connectivity index (χ0n) is 9.25. The smallest absolute Gasteiger partial charge is 0.466 e. The summed E-state index contributed by atoms with van der Waals surface area (Å²) in [5, 5.41) is 0. The number of alkyl halides is 3. The Morgan fingerprint density at radius 2 is 2.29 bits per heavy atom. The average molecular weight is 270 g/mol. The van der Waals surface area contributed by atoms with Crippen molar-refractivity contribution in [3.63, 3.8) is 0 Å². The number of hydrogen-bond acceptors (Lipinski definition) is 4. The first-order valence-electron chi connectivity index (χ1n) is 5.20. The first-order valence-corrected chi connectivity index (χ1v) is 5.94. The van der Waals surface area contributed by atoms with E-state index in [0.29, 0.717) is 25.9 Å². The lowest BCUT2D eigenvalue weighted by molar-refractivity contribution is -0.148. The summed E-state index contributed by atoms with van der Waals surface area (Å²) in [4.78, 5) is 11.3. The summed E-state index contributed by atoms with van der Waals surface area (Å²) in [5.41, 5.74) is -4.40. The van der Waals surface area contributed by atoms with Crippen molar-refractivity contribution in [1.82, 2.24) is 0 Å². The molecule has 17 heavy (non-hydrogen) atoms. The quantitative estimate of drug-likeness (QED) is 0.579. The van der Waals surface area contributed by atoms with Crippen molar-refractivity contribution in [3.8, 4) is 0 Å². The van der Waals surface area contributed by atoms with E-state index in [1.165, 1.54) is 6.08 Å². The van der Waals surface area contributed by atoms with Crippen molar-refractivity contribution < 1.29 is 26.9 Å². The van der Waals surface area contributed by atoms with Gasteiger partial charge in [-0.25, -0.2) is 0 Å². The van der Waals surface area contributed by atoms with Crippen LogP contribution in [-0.2, 0) is 13.7 Å². The van der Waals surface area contributed by atoms with Crippen LogP contribution in [0, 0.1) is 5.92 Å². The maximum atomic E-state index is 11.9. The molecule has 0 saturated carbocycles. The molecule has 0 N–H and O–H groups in total. The molecule has 0 amide bonds. The fourth-order valence-electron chi connectivity index (χ4n) is 1.46. The summed E-state index contributed by atoms with van der Waals surface area (Å²) in [7, 11) is 0. The molecule has 1 atom stereocenters. The molecule has 1 aliphatic rings. The Balaban J connectivity index is 2.37. The minimum absolute atomic E-state index is 0.266. The standard InChI is InChI=1S/C10H13F3O3S/c1-2-15-9(14)7-3-5-8(6-4-7)16-17-10(11,12)13/h5,7H,2-4,6H2,1H3. The molecule has 0 aliphatic heterocycles. The van der Waals surface area contributed by atoms with E-state index in [9.17, 15) is 18.0 Å². The molecule has 0 radical (unpaired) electrons. The number of rotatable bonds is 4. The fourth-order valence-corrected chi connectivity index (χ4v) is 1.81. The largest absolute Gasteiger partial charge is 0.479 e. The molecule has 0 saturated heterocycles. The second-order valence-corrected chi connectivity index (χ2v) is 4.30. The van der Waals surface area contributed by atoms with E-state index in [2.05, 4.69) is 4.18 Å². The average Bonchev–Trinajstić information content (AvgIpc) is 2.26. The number of allylic oxidation sites excluding steroid dienone is 2. The third-order valence-electron chi connectivity index (χ3n) is 2.23. The molecule has 0 aromatic rings. The molecule has 1 aliphatic carbocycles. The highest BCUT2D eigenvalue weighted by atomic mass is 32.2. The van der Waals surface area contributed by atoms with Crippen LogP contribution >= 0.6 is 12.0 Å². The van der Waals surface area contributed by atoms with Crippen LogP contribution in [0.1, 0.15) is 26.2 Å². The Morgan fingerprint density at radius 1 is 1.59 bits per heavy atom. The SMILES string of the molecule is CCOC(=O)C1CC=C(OSC(F)(F)F)CC1. The molecule has 0 fully saturated rings. The third kappa shape index (κ3) is 5.34. The highest BCUT2D eigenvalue weighted by Gasteiger charge is 2.32. The number of ether oxygens (including phenoxy) is 1. The molecule has 98 valence electrons. The lowest BCUT2D eigenvalue weighted by atomic mass is 9.93. The maximum Gasteiger partial charge on any atom is 0.479 e. The lowest BCUT2D eigenvalue weighted by Crippen LogP contribution is -2.20. The van der Waals surface area contributed by atoms with E-state index in [1.807, 2.05) is 0 Å². The second-order valence-electron chi connectivity index (χ2n) is 3.51. The Hall–Kier alpha value is -0.850. The number of hydrogen-bond donors (Lipinski definition) is 0. The molecule has 0 spiro atoms. The van der Waals surface area contributed by atoms with Gasteiger partial charge in [-0.2, -0.15) is 13.2 Å². The first-order chi connectivity index (χ1) is 7.92. The molecule has 0 bridgehead atoms. The number of esters is 1.